The van der Waals surface area contributed by atoms with Gasteiger partial charge in [-0.05, 0) is 33.7 Å². The molecule has 0 radical (unpaired) electrons. The van der Waals surface area contributed by atoms with Gasteiger partial charge in [-0.15, -0.1) is 0 Å². The van der Waals surface area contributed by atoms with Crippen molar-refractivity contribution < 1.29 is 4.74 Å². The Morgan fingerprint density at radius 3 is 1.94 bits per heavy atom. The predicted octanol–water partition coefficient (Wildman–Crippen LogP) is 2.47. The fraction of sp³-hybridized carbons (Fsp3) is 0.714. The van der Waals surface area contributed by atoms with Crippen molar-refractivity contribution in [1.29, 1.82) is 0 Å². The number of nitrogens with zero attached hydrogens (tertiary/aromatic N) is 2. The highest BCUT2D eigenvalue weighted by Gasteiger charge is 2.32. The molecule has 0 spiro atoms. The Hall–Kier alpha value is -1.00. The minimum absolute atomic E-state index is 0.353. The van der Waals surface area contributed by atoms with Crippen molar-refractivity contribution in [2.45, 2.75) is 52.7 Å². The first kappa shape index (κ1) is 15.1. The lowest BCUT2D eigenvalue weighted by Gasteiger charge is -2.29. The van der Waals surface area contributed by atoms with Crippen LogP contribution in [0.2, 0.25) is 0 Å². The van der Waals surface area contributed by atoms with Crippen LogP contribution >= 0.6 is 0 Å². The quantitative estimate of drug-likeness (QED) is 0.843. The molecule has 18 heavy (non-hydrogen) atoms. The molecule has 0 saturated carbocycles. The molecule has 1 heterocycles. The van der Waals surface area contributed by atoms with Gasteiger partial charge in [0.1, 0.15) is 5.60 Å². The van der Waals surface area contributed by atoms with Gasteiger partial charge in [0.25, 0.3) is 0 Å². The zero-order valence-electron chi connectivity index (χ0n) is 12.4. The highest BCUT2D eigenvalue weighted by atomic mass is 16.5. The number of aryl methyl sites for hydroxylation is 2. The SMILES string of the molecule is CCC(CC)(OC)c1nc(C)c(CNC)c(C)n1. The van der Waals surface area contributed by atoms with Crippen molar-refractivity contribution in [3.8, 4) is 0 Å². The number of aromatic nitrogens is 2. The molecule has 0 aliphatic rings. The van der Waals surface area contributed by atoms with Gasteiger partial charge >= 0.3 is 0 Å². The van der Waals surface area contributed by atoms with Crippen LogP contribution in [-0.4, -0.2) is 24.1 Å². The molecule has 0 unspecified atom stereocenters. The molecule has 1 aromatic heterocycles. The van der Waals surface area contributed by atoms with Crippen LogP contribution in [0, 0.1) is 13.8 Å². The summed E-state index contributed by atoms with van der Waals surface area (Å²) < 4.78 is 5.69. The maximum atomic E-state index is 5.69. The fourth-order valence-corrected chi connectivity index (χ4v) is 2.32. The smallest absolute Gasteiger partial charge is 0.160 e. The van der Waals surface area contributed by atoms with Gasteiger partial charge in [-0.25, -0.2) is 9.97 Å². The molecule has 0 aromatic carbocycles. The van der Waals surface area contributed by atoms with E-state index in [1.807, 2.05) is 20.9 Å². The van der Waals surface area contributed by atoms with E-state index >= 15 is 0 Å². The van der Waals surface area contributed by atoms with Crippen molar-refractivity contribution in [2.75, 3.05) is 14.2 Å². The number of ether oxygens (including phenoxy) is 1. The van der Waals surface area contributed by atoms with Crippen molar-refractivity contribution in [3.63, 3.8) is 0 Å². The molecule has 0 aliphatic heterocycles. The van der Waals surface area contributed by atoms with Gasteiger partial charge in [0.05, 0.1) is 0 Å². The third-order valence-corrected chi connectivity index (χ3v) is 3.71. The van der Waals surface area contributed by atoms with Gasteiger partial charge in [-0.2, -0.15) is 0 Å². The first-order valence-electron chi connectivity index (χ1n) is 6.59. The van der Waals surface area contributed by atoms with Crippen molar-refractivity contribution in [2.24, 2.45) is 0 Å². The van der Waals surface area contributed by atoms with E-state index in [4.69, 9.17) is 4.74 Å². The molecule has 1 aromatic rings. The standard InChI is InChI=1S/C14H25N3O/c1-7-14(8-2,18-6)13-16-10(3)12(9-15-5)11(4)17-13/h15H,7-9H2,1-6H3. The molecule has 0 saturated heterocycles. The maximum absolute atomic E-state index is 5.69. The van der Waals surface area contributed by atoms with Gasteiger partial charge in [-0.3, -0.25) is 0 Å². The normalized spacial score (nSPS) is 11.9. The van der Waals surface area contributed by atoms with Crippen molar-refractivity contribution in [3.05, 3.63) is 22.8 Å². The van der Waals surface area contributed by atoms with Crippen LogP contribution < -0.4 is 5.32 Å². The number of rotatable bonds is 6. The van der Waals surface area contributed by atoms with Crippen LogP contribution in [-0.2, 0) is 16.9 Å². The summed E-state index contributed by atoms with van der Waals surface area (Å²) in [5.41, 5.74) is 2.90. The van der Waals surface area contributed by atoms with E-state index in [0.29, 0.717) is 0 Å². The van der Waals surface area contributed by atoms with Gasteiger partial charge < -0.3 is 10.1 Å². The number of hydrogen-bond acceptors (Lipinski definition) is 4. The van der Waals surface area contributed by atoms with Crippen LogP contribution in [0.3, 0.4) is 0 Å². The summed E-state index contributed by atoms with van der Waals surface area (Å²) in [6.07, 6.45) is 1.76. The van der Waals surface area contributed by atoms with E-state index in [0.717, 1.165) is 36.6 Å². The summed E-state index contributed by atoms with van der Waals surface area (Å²) in [6.45, 7) is 9.11. The van der Waals surface area contributed by atoms with Gasteiger partial charge in [0.2, 0.25) is 0 Å². The maximum Gasteiger partial charge on any atom is 0.160 e. The number of methoxy groups -OCH3 is 1. The Labute approximate surface area is 110 Å². The molecule has 4 heteroatoms. The summed E-state index contributed by atoms with van der Waals surface area (Å²) in [7, 11) is 3.67. The summed E-state index contributed by atoms with van der Waals surface area (Å²) in [5.74, 6) is 0.810. The largest absolute Gasteiger partial charge is 0.370 e. The lowest BCUT2D eigenvalue weighted by Crippen LogP contribution is -2.30. The van der Waals surface area contributed by atoms with Crippen LogP contribution in [0.15, 0.2) is 0 Å². The second-order valence-corrected chi connectivity index (χ2v) is 4.63. The van der Waals surface area contributed by atoms with Crippen molar-refractivity contribution >= 4 is 0 Å². The Morgan fingerprint density at radius 1 is 1.11 bits per heavy atom. The lowest BCUT2D eigenvalue weighted by molar-refractivity contribution is -0.0294. The Balaban J connectivity index is 3.27. The van der Waals surface area contributed by atoms with Crippen molar-refractivity contribution in [1.82, 2.24) is 15.3 Å². The Kier molecular flexibility index (Phi) is 5.23. The molecule has 0 bridgehead atoms. The van der Waals surface area contributed by atoms with E-state index in [1.54, 1.807) is 7.11 Å². The van der Waals surface area contributed by atoms with Crippen LogP contribution in [0.1, 0.15) is 49.5 Å². The third-order valence-electron chi connectivity index (χ3n) is 3.71. The summed E-state index contributed by atoms with van der Waals surface area (Å²) in [5, 5.41) is 3.15. The van der Waals surface area contributed by atoms with Crippen LogP contribution in [0.25, 0.3) is 0 Å². The molecule has 0 atom stereocenters. The first-order valence-corrected chi connectivity index (χ1v) is 6.59. The average Bonchev–Trinajstić information content (AvgIpc) is 2.37. The highest BCUT2D eigenvalue weighted by Crippen LogP contribution is 2.30. The van der Waals surface area contributed by atoms with E-state index in [9.17, 15) is 0 Å². The van der Waals surface area contributed by atoms with E-state index in [1.165, 1.54) is 5.56 Å². The topological polar surface area (TPSA) is 47.0 Å². The first-order chi connectivity index (χ1) is 8.54. The van der Waals surface area contributed by atoms with E-state index in [-0.39, 0.29) is 5.60 Å². The summed E-state index contributed by atoms with van der Waals surface area (Å²) in [6, 6.07) is 0. The third kappa shape index (κ3) is 2.70. The van der Waals surface area contributed by atoms with Gasteiger partial charge in [0.15, 0.2) is 5.82 Å². The summed E-state index contributed by atoms with van der Waals surface area (Å²) in [4.78, 5) is 9.32. The minimum Gasteiger partial charge on any atom is -0.370 e. The van der Waals surface area contributed by atoms with E-state index in [2.05, 4.69) is 29.1 Å². The second kappa shape index (κ2) is 6.25. The van der Waals surface area contributed by atoms with Crippen LogP contribution in [0.5, 0.6) is 0 Å². The minimum atomic E-state index is -0.353. The number of hydrogen-bond donors (Lipinski definition) is 1. The molecule has 102 valence electrons. The molecule has 0 fully saturated rings. The Bertz CT molecular complexity index is 369. The monoisotopic (exact) mass is 251 g/mol. The molecular weight excluding hydrogens is 226 g/mol. The lowest BCUT2D eigenvalue weighted by atomic mass is 9.95. The molecule has 1 N–H and O–H groups in total. The average molecular weight is 251 g/mol. The molecule has 0 aliphatic carbocycles. The highest BCUT2D eigenvalue weighted by molar-refractivity contribution is 5.25. The van der Waals surface area contributed by atoms with E-state index < -0.39 is 0 Å². The molecule has 4 nitrogen and oxygen atoms in total. The molecule has 1 rings (SSSR count). The van der Waals surface area contributed by atoms with Crippen LogP contribution in [0.4, 0.5) is 0 Å². The van der Waals surface area contributed by atoms with Gasteiger partial charge in [0, 0.05) is 30.6 Å². The zero-order chi connectivity index (χ0) is 13.8. The van der Waals surface area contributed by atoms with Gasteiger partial charge in [-0.1, -0.05) is 13.8 Å². The Morgan fingerprint density at radius 2 is 1.61 bits per heavy atom. The fourth-order valence-electron chi connectivity index (χ4n) is 2.32. The predicted molar refractivity (Wildman–Crippen MR) is 73.5 cm³/mol. The zero-order valence-corrected chi connectivity index (χ0v) is 12.4. The second-order valence-electron chi connectivity index (χ2n) is 4.63. The molecular formula is C14H25N3O. The summed E-state index contributed by atoms with van der Waals surface area (Å²) >= 11 is 0. The molecule has 0 amide bonds. The number of nitrogens with one attached hydrogen (secondary N) is 1.